The standard InChI is InChI=1S/C21H23FN8O9P2S3/c22-12-14-11(37-19(12)29-2-1-9-15(29)24-6-25-17(9)31)5-36-40(33,42)38-10-3-8(4-35-41(34,43)39-14)44-20(10)30-7-26-13-16(30)27-21(23)28-18(13)32/h1-2,6-8,10-12,14,19-20H,3-5H2,(H,33,42)(H,34,43)(H,24,25,31)(H3,23,27,28,32)/t8-,10+,11+,12-,14+,19+,20+,40?,41?/m0/s1. The molecular weight excluding hydrogens is 685 g/mol. The fourth-order valence-corrected chi connectivity index (χ4v) is 10.0. The molecule has 4 aromatic rings. The number of rotatable bonds is 2. The van der Waals surface area contributed by atoms with Gasteiger partial charge in [-0.05, 0) is 24.3 Å². The second kappa shape index (κ2) is 11.3. The lowest BCUT2D eigenvalue weighted by atomic mass is 10.1. The van der Waals surface area contributed by atoms with E-state index in [4.69, 9.17) is 40.4 Å². The van der Waals surface area contributed by atoms with Crippen LogP contribution in [0.1, 0.15) is 18.0 Å². The van der Waals surface area contributed by atoms with Gasteiger partial charge in [0, 0.05) is 11.4 Å². The number of imidazole rings is 1. The Kier molecular flexibility index (Phi) is 7.81. The number of nitrogens with one attached hydrogen (secondary N) is 2. The third-order valence-corrected chi connectivity index (χ3v) is 12.0. The minimum atomic E-state index is -4.15. The molecule has 0 saturated carbocycles. The summed E-state index contributed by atoms with van der Waals surface area (Å²) in [4.78, 5) is 52.7. The lowest BCUT2D eigenvalue weighted by Gasteiger charge is -2.26. The van der Waals surface area contributed by atoms with Crippen molar-refractivity contribution in [1.29, 1.82) is 0 Å². The smallest absolute Gasteiger partial charge is 0.369 e. The van der Waals surface area contributed by atoms with E-state index >= 15 is 4.39 Å². The lowest BCUT2D eigenvalue weighted by Crippen LogP contribution is -2.34. The summed E-state index contributed by atoms with van der Waals surface area (Å²) in [5.41, 5.74) is 5.12. The molecule has 5 N–H and O–H groups in total. The van der Waals surface area contributed by atoms with Crippen molar-refractivity contribution in [2.75, 3.05) is 18.9 Å². The highest BCUT2D eigenvalue weighted by Gasteiger charge is 2.51. The summed E-state index contributed by atoms with van der Waals surface area (Å²) >= 11 is 10.7. The van der Waals surface area contributed by atoms with Crippen LogP contribution in [-0.4, -0.2) is 81.9 Å². The van der Waals surface area contributed by atoms with Gasteiger partial charge in [0.25, 0.3) is 11.1 Å². The number of nitrogens with two attached hydrogens (primary N) is 1. The molecule has 9 atom stereocenters. The zero-order valence-electron chi connectivity index (χ0n) is 22.0. The Balaban J connectivity index is 1.19. The number of H-pyrrole nitrogens is 2. The molecule has 2 bridgehead atoms. The zero-order chi connectivity index (χ0) is 31.0. The van der Waals surface area contributed by atoms with Crippen molar-refractivity contribution in [3.63, 3.8) is 0 Å². The Bertz CT molecular complexity index is 1970. The molecule has 0 aliphatic carbocycles. The van der Waals surface area contributed by atoms with Crippen LogP contribution in [-0.2, 0) is 39.2 Å². The van der Waals surface area contributed by atoms with Crippen molar-refractivity contribution in [2.45, 2.75) is 47.8 Å². The van der Waals surface area contributed by atoms with Gasteiger partial charge in [-0.3, -0.25) is 32.7 Å². The molecular formula is C21H23FN8O9P2S3. The van der Waals surface area contributed by atoms with Crippen LogP contribution >= 0.6 is 37.5 Å². The van der Waals surface area contributed by atoms with E-state index in [0.29, 0.717) is 0 Å². The van der Waals surface area contributed by atoms with E-state index in [2.05, 4.69) is 37.2 Å². The van der Waals surface area contributed by atoms with Gasteiger partial charge in [0.15, 0.2) is 23.6 Å². The summed E-state index contributed by atoms with van der Waals surface area (Å²) in [5, 5.41) is -0.865. The minimum absolute atomic E-state index is 0.0345. The molecule has 3 saturated heterocycles. The number of hydrogen-bond donors (Lipinski definition) is 5. The SMILES string of the molecule is Nc1nc2c(ncn2[C@@H]2S[C@@H]3COP(O)(=S)O[C@H]4[C@H](F)[C@H](n5ccc6c(=O)[nH]cnc65)O[C@@H]4COP(=O)(S)O[C@@H]2C3)c(=O)[nH]1. The summed E-state index contributed by atoms with van der Waals surface area (Å²) in [7, 11) is 0. The van der Waals surface area contributed by atoms with E-state index < -0.39 is 72.6 Å². The number of nitrogen functional groups attached to an aromatic ring is 1. The van der Waals surface area contributed by atoms with E-state index in [1.807, 2.05) is 0 Å². The molecule has 7 heterocycles. The van der Waals surface area contributed by atoms with E-state index in [0.717, 1.165) is 0 Å². The number of ether oxygens (including phenoxy) is 1. The van der Waals surface area contributed by atoms with Crippen molar-refractivity contribution in [1.82, 2.24) is 34.1 Å². The number of fused-ring (bicyclic) bond motifs is 5. The molecule has 3 aliphatic heterocycles. The molecule has 2 unspecified atom stereocenters. The Labute approximate surface area is 259 Å². The van der Waals surface area contributed by atoms with Gasteiger partial charge >= 0.3 is 13.5 Å². The molecule has 23 heteroatoms. The maximum absolute atomic E-state index is 16.0. The average molecular weight is 709 g/mol. The number of halogens is 1. The molecule has 3 aliphatic rings. The Hall–Kier alpha value is -2.16. The van der Waals surface area contributed by atoms with Crippen molar-refractivity contribution >= 4 is 77.5 Å². The highest BCUT2D eigenvalue weighted by Crippen LogP contribution is 2.60. The largest absolute Gasteiger partial charge is 0.386 e. The first kappa shape index (κ1) is 30.5. The third-order valence-electron chi connectivity index (χ3n) is 7.27. The molecule has 3 fully saturated rings. The number of aromatic nitrogens is 7. The first-order valence-corrected chi connectivity index (χ1v) is 19.1. The Morgan fingerprint density at radius 3 is 2.80 bits per heavy atom. The molecule has 236 valence electrons. The highest BCUT2D eigenvalue weighted by atomic mass is 32.7. The second-order valence-corrected chi connectivity index (χ2v) is 17.2. The van der Waals surface area contributed by atoms with Gasteiger partial charge in [-0.25, -0.2) is 18.9 Å². The van der Waals surface area contributed by atoms with Gasteiger partial charge < -0.3 is 29.4 Å². The van der Waals surface area contributed by atoms with Gasteiger partial charge in [0.1, 0.15) is 23.2 Å². The maximum Gasteiger partial charge on any atom is 0.386 e. The van der Waals surface area contributed by atoms with Gasteiger partial charge in [0.2, 0.25) is 5.95 Å². The van der Waals surface area contributed by atoms with Gasteiger partial charge in [0.05, 0.1) is 37.4 Å². The first-order valence-electron chi connectivity index (χ1n) is 12.9. The van der Waals surface area contributed by atoms with Crippen LogP contribution in [0.25, 0.3) is 22.2 Å². The molecule has 17 nitrogen and oxygen atoms in total. The summed E-state index contributed by atoms with van der Waals surface area (Å²) in [6, 6.07) is 1.45. The fraction of sp³-hybridized carbons (Fsp3) is 0.476. The number of anilines is 1. The normalized spacial score (nSPS) is 36.6. The molecule has 0 spiro atoms. The summed E-state index contributed by atoms with van der Waals surface area (Å²) < 4.78 is 61.0. The molecule has 4 aromatic heterocycles. The second-order valence-electron chi connectivity index (χ2n) is 10.1. The predicted molar refractivity (Wildman–Crippen MR) is 162 cm³/mol. The third kappa shape index (κ3) is 5.57. The van der Waals surface area contributed by atoms with Crippen LogP contribution in [0, 0.1) is 0 Å². The summed E-state index contributed by atoms with van der Waals surface area (Å²) in [5.74, 6) is -0.126. The van der Waals surface area contributed by atoms with E-state index in [1.165, 1.54) is 41.2 Å². The van der Waals surface area contributed by atoms with Crippen LogP contribution in [0.2, 0.25) is 0 Å². The maximum atomic E-state index is 16.0. The first-order chi connectivity index (χ1) is 20.9. The number of thioether (sulfide) groups is 1. The topological polar surface area (TPSA) is 224 Å². The quantitative estimate of drug-likeness (QED) is 0.148. The number of nitrogens with zero attached hydrogens (tertiary/aromatic N) is 5. The van der Waals surface area contributed by atoms with Crippen LogP contribution in [0.5, 0.6) is 0 Å². The van der Waals surface area contributed by atoms with Crippen LogP contribution in [0.3, 0.4) is 0 Å². The number of alkyl halides is 1. The molecule has 7 rings (SSSR count). The van der Waals surface area contributed by atoms with E-state index in [1.54, 1.807) is 4.57 Å². The van der Waals surface area contributed by atoms with E-state index in [9.17, 15) is 19.0 Å². The van der Waals surface area contributed by atoms with Crippen LogP contribution in [0.4, 0.5) is 10.3 Å². The van der Waals surface area contributed by atoms with Crippen LogP contribution in [0.15, 0.2) is 34.5 Å². The van der Waals surface area contributed by atoms with Crippen molar-refractivity contribution in [3.05, 3.63) is 45.6 Å². The Morgan fingerprint density at radius 1 is 1.16 bits per heavy atom. The number of thiol groups is 1. The average Bonchev–Trinajstić information content (AvgIpc) is 3.72. The van der Waals surface area contributed by atoms with Crippen molar-refractivity contribution in [2.24, 2.45) is 0 Å². The molecule has 0 radical (unpaired) electrons. The summed E-state index contributed by atoms with van der Waals surface area (Å²) in [6.07, 6.45) is -2.76. The molecule has 0 amide bonds. The highest BCUT2D eigenvalue weighted by molar-refractivity contribution is 8.44. The zero-order valence-corrected chi connectivity index (χ0v) is 26.4. The monoisotopic (exact) mass is 708 g/mol. The van der Waals surface area contributed by atoms with Crippen molar-refractivity contribution in [3.8, 4) is 0 Å². The molecule has 0 aromatic carbocycles. The predicted octanol–water partition coefficient (Wildman–Crippen LogP) is 1.75. The summed E-state index contributed by atoms with van der Waals surface area (Å²) in [6.45, 7) is -8.92. The fourth-order valence-electron chi connectivity index (χ4n) is 5.39. The van der Waals surface area contributed by atoms with Crippen molar-refractivity contribution < 1.29 is 36.7 Å². The van der Waals surface area contributed by atoms with Gasteiger partial charge in [-0.1, -0.05) is 12.2 Å². The number of aromatic amines is 2. The van der Waals surface area contributed by atoms with E-state index in [-0.39, 0.29) is 41.2 Å². The van der Waals surface area contributed by atoms with Gasteiger partial charge in [-0.2, -0.15) is 4.98 Å². The van der Waals surface area contributed by atoms with Gasteiger partial charge in [-0.15, -0.1) is 11.8 Å². The lowest BCUT2D eigenvalue weighted by molar-refractivity contribution is -0.0417. The molecule has 44 heavy (non-hydrogen) atoms. The Morgan fingerprint density at radius 2 is 1.98 bits per heavy atom. The minimum Gasteiger partial charge on any atom is -0.369 e. The van der Waals surface area contributed by atoms with Crippen LogP contribution < -0.4 is 16.9 Å². The number of hydrogen-bond acceptors (Lipinski definition) is 14.